The Balaban J connectivity index is 3.86. The van der Waals surface area contributed by atoms with E-state index in [-0.39, 0.29) is 6.42 Å². The van der Waals surface area contributed by atoms with Gasteiger partial charge in [0.1, 0.15) is 6.29 Å². The lowest BCUT2D eigenvalue weighted by atomic mass is 10.2. The lowest BCUT2D eigenvalue weighted by Gasteiger charge is -2.08. The molecular formula is C5H7F2NO2. The third-order valence-electron chi connectivity index (χ3n) is 0.937. The van der Waals surface area contributed by atoms with Crippen molar-refractivity contribution in [1.82, 2.24) is 0 Å². The van der Waals surface area contributed by atoms with Gasteiger partial charge in [-0.15, -0.1) is 0 Å². The predicted octanol–water partition coefficient (Wildman–Crippen LogP) is 0.0861. The van der Waals surface area contributed by atoms with Crippen molar-refractivity contribution in [3.8, 4) is 0 Å². The van der Waals surface area contributed by atoms with Crippen molar-refractivity contribution < 1.29 is 18.4 Å². The maximum atomic E-state index is 12.1. The third kappa shape index (κ3) is 2.52. The summed E-state index contributed by atoms with van der Waals surface area (Å²) in [5.74, 6) is -5.23. The molecule has 58 valence electrons. The predicted molar refractivity (Wildman–Crippen MR) is 29.4 cm³/mol. The standard InChI is InChI=1S/C5H7F2NO2/c6-5(7,4(8)10)2-1-3-9/h3H,1-2H2,(H2,8,10). The van der Waals surface area contributed by atoms with Crippen LogP contribution in [0.4, 0.5) is 8.78 Å². The van der Waals surface area contributed by atoms with Gasteiger partial charge in [-0.3, -0.25) is 4.79 Å². The first-order chi connectivity index (χ1) is 4.50. The van der Waals surface area contributed by atoms with Crippen LogP contribution in [-0.2, 0) is 9.59 Å². The van der Waals surface area contributed by atoms with Crippen molar-refractivity contribution in [2.75, 3.05) is 0 Å². The van der Waals surface area contributed by atoms with E-state index in [4.69, 9.17) is 0 Å². The van der Waals surface area contributed by atoms with Gasteiger partial charge in [0.25, 0.3) is 5.91 Å². The highest BCUT2D eigenvalue weighted by atomic mass is 19.3. The molecule has 0 aromatic heterocycles. The van der Waals surface area contributed by atoms with Gasteiger partial charge in [-0.2, -0.15) is 8.78 Å². The highest BCUT2D eigenvalue weighted by Gasteiger charge is 2.35. The molecule has 1 amide bonds. The van der Waals surface area contributed by atoms with E-state index >= 15 is 0 Å². The Morgan fingerprint density at radius 1 is 1.60 bits per heavy atom. The van der Waals surface area contributed by atoms with Crippen LogP contribution in [0, 0.1) is 0 Å². The van der Waals surface area contributed by atoms with E-state index < -0.39 is 18.3 Å². The van der Waals surface area contributed by atoms with Crippen molar-refractivity contribution in [2.45, 2.75) is 18.8 Å². The largest absolute Gasteiger partial charge is 0.364 e. The molecule has 0 unspecified atom stereocenters. The Morgan fingerprint density at radius 3 is 2.40 bits per heavy atom. The van der Waals surface area contributed by atoms with Crippen molar-refractivity contribution in [2.24, 2.45) is 5.73 Å². The fourth-order valence-corrected chi connectivity index (χ4v) is 0.363. The maximum Gasteiger partial charge on any atom is 0.324 e. The van der Waals surface area contributed by atoms with Crippen LogP contribution in [-0.4, -0.2) is 18.1 Å². The van der Waals surface area contributed by atoms with E-state index in [2.05, 4.69) is 5.73 Å². The Hall–Kier alpha value is -1.00. The highest BCUT2D eigenvalue weighted by molar-refractivity contribution is 5.81. The summed E-state index contributed by atoms with van der Waals surface area (Å²) in [6.07, 6.45) is -0.835. The van der Waals surface area contributed by atoms with Gasteiger partial charge in [0.05, 0.1) is 0 Å². The van der Waals surface area contributed by atoms with Gasteiger partial charge in [-0.05, 0) is 0 Å². The summed E-state index contributed by atoms with van der Waals surface area (Å²) in [6.45, 7) is 0. The molecule has 0 aliphatic rings. The zero-order valence-corrected chi connectivity index (χ0v) is 5.14. The molecule has 0 rings (SSSR count). The number of hydrogen-bond acceptors (Lipinski definition) is 2. The maximum absolute atomic E-state index is 12.1. The molecule has 0 spiro atoms. The van der Waals surface area contributed by atoms with Gasteiger partial charge in [0.15, 0.2) is 0 Å². The number of halogens is 2. The summed E-state index contributed by atoms with van der Waals surface area (Å²) in [7, 11) is 0. The molecule has 5 heteroatoms. The Morgan fingerprint density at radius 2 is 2.10 bits per heavy atom. The SMILES string of the molecule is NC(=O)C(F)(F)CCC=O. The molecule has 0 fully saturated rings. The lowest BCUT2D eigenvalue weighted by Crippen LogP contribution is -2.35. The molecule has 0 radical (unpaired) electrons. The van der Waals surface area contributed by atoms with Crippen LogP contribution in [0.3, 0.4) is 0 Å². The first-order valence-electron chi connectivity index (χ1n) is 2.62. The van der Waals surface area contributed by atoms with E-state index in [1.165, 1.54) is 0 Å². The van der Waals surface area contributed by atoms with Crippen molar-refractivity contribution in [3.05, 3.63) is 0 Å². The molecule has 0 saturated heterocycles. The average molecular weight is 151 g/mol. The van der Waals surface area contributed by atoms with Crippen LogP contribution in [0.1, 0.15) is 12.8 Å². The number of aldehydes is 1. The molecule has 2 N–H and O–H groups in total. The number of carbonyl (C=O) groups is 2. The molecule has 3 nitrogen and oxygen atoms in total. The summed E-state index contributed by atoms with van der Waals surface area (Å²) in [5.41, 5.74) is 4.31. The molecule has 0 bridgehead atoms. The Bertz CT molecular complexity index is 147. The molecular weight excluding hydrogens is 144 g/mol. The summed E-state index contributed by atoms with van der Waals surface area (Å²) < 4.78 is 24.2. The molecule has 0 aliphatic carbocycles. The molecule has 0 aromatic carbocycles. The normalized spacial score (nSPS) is 11.0. The average Bonchev–Trinajstić information content (AvgIpc) is 1.84. The van der Waals surface area contributed by atoms with Gasteiger partial charge in [-0.25, -0.2) is 0 Å². The zero-order chi connectivity index (χ0) is 8.20. The number of amides is 1. The van der Waals surface area contributed by atoms with Crippen LogP contribution < -0.4 is 5.73 Å². The molecule has 0 saturated carbocycles. The van der Waals surface area contributed by atoms with Gasteiger partial charge in [0.2, 0.25) is 0 Å². The minimum atomic E-state index is -3.54. The Labute approximate surface area is 56.2 Å². The van der Waals surface area contributed by atoms with Crippen molar-refractivity contribution in [3.63, 3.8) is 0 Å². The third-order valence-corrected chi connectivity index (χ3v) is 0.937. The number of rotatable bonds is 4. The number of alkyl halides is 2. The number of hydrogen-bond donors (Lipinski definition) is 1. The summed E-state index contributed by atoms with van der Waals surface area (Å²) in [4.78, 5) is 19.5. The molecule has 10 heavy (non-hydrogen) atoms. The minimum absolute atomic E-state index is 0.316. The van der Waals surface area contributed by atoms with E-state index in [0.29, 0.717) is 6.29 Å². The minimum Gasteiger partial charge on any atom is -0.364 e. The second-order valence-electron chi connectivity index (χ2n) is 1.77. The fraction of sp³-hybridized carbons (Fsp3) is 0.600. The second-order valence-corrected chi connectivity index (χ2v) is 1.77. The first kappa shape index (κ1) is 9.00. The highest BCUT2D eigenvalue weighted by Crippen LogP contribution is 2.18. The van der Waals surface area contributed by atoms with Crippen LogP contribution in [0.5, 0.6) is 0 Å². The quantitative estimate of drug-likeness (QED) is 0.578. The Kier molecular flexibility index (Phi) is 2.92. The topological polar surface area (TPSA) is 60.2 Å². The summed E-state index contributed by atoms with van der Waals surface area (Å²) in [5, 5.41) is 0. The van der Waals surface area contributed by atoms with Crippen molar-refractivity contribution in [1.29, 1.82) is 0 Å². The molecule has 0 atom stereocenters. The number of primary amides is 1. The van der Waals surface area contributed by atoms with E-state index in [9.17, 15) is 18.4 Å². The second kappa shape index (κ2) is 3.24. The molecule has 0 aromatic rings. The fourth-order valence-electron chi connectivity index (χ4n) is 0.363. The van der Waals surface area contributed by atoms with Gasteiger partial charge in [0, 0.05) is 12.8 Å². The summed E-state index contributed by atoms with van der Waals surface area (Å²) in [6, 6.07) is 0. The van der Waals surface area contributed by atoms with E-state index in [1.54, 1.807) is 0 Å². The van der Waals surface area contributed by atoms with E-state index in [0.717, 1.165) is 0 Å². The van der Waals surface area contributed by atoms with Gasteiger partial charge >= 0.3 is 5.92 Å². The van der Waals surface area contributed by atoms with Crippen LogP contribution in [0.2, 0.25) is 0 Å². The first-order valence-corrected chi connectivity index (χ1v) is 2.62. The monoisotopic (exact) mass is 151 g/mol. The van der Waals surface area contributed by atoms with Crippen LogP contribution in [0.15, 0.2) is 0 Å². The van der Waals surface area contributed by atoms with E-state index in [1.807, 2.05) is 0 Å². The lowest BCUT2D eigenvalue weighted by molar-refractivity contribution is -0.143. The van der Waals surface area contributed by atoms with Gasteiger partial charge < -0.3 is 10.5 Å². The molecule has 0 heterocycles. The smallest absolute Gasteiger partial charge is 0.324 e. The van der Waals surface area contributed by atoms with Crippen molar-refractivity contribution >= 4 is 12.2 Å². The van der Waals surface area contributed by atoms with Crippen LogP contribution >= 0.6 is 0 Å². The van der Waals surface area contributed by atoms with Gasteiger partial charge in [-0.1, -0.05) is 0 Å². The number of carbonyl (C=O) groups excluding carboxylic acids is 2. The number of nitrogens with two attached hydrogens (primary N) is 1. The molecule has 0 aliphatic heterocycles. The van der Waals surface area contributed by atoms with Crippen LogP contribution in [0.25, 0.3) is 0 Å². The zero-order valence-electron chi connectivity index (χ0n) is 5.14. The summed E-state index contributed by atoms with van der Waals surface area (Å²) >= 11 is 0.